The number of aryl methyl sites for hydroxylation is 1. The number of nitrogen functional groups attached to an aromatic ring is 1. The minimum atomic E-state index is -0.701. The molecule has 3 rings (SSSR count). The van der Waals surface area contributed by atoms with Gasteiger partial charge in [-0.25, -0.2) is 13.8 Å². The SMILES string of the molecule is CCc1nc(N)ccc1-c1c(F)cc(F)c2cc(Cl)cnc12. The second-order valence-electron chi connectivity index (χ2n) is 4.85. The molecular weight excluding hydrogens is 308 g/mol. The van der Waals surface area contributed by atoms with E-state index in [-0.39, 0.29) is 21.5 Å². The molecule has 0 bridgehead atoms. The minimum Gasteiger partial charge on any atom is -0.384 e. The van der Waals surface area contributed by atoms with Crippen LogP contribution in [0, 0.1) is 11.6 Å². The Morgan fingerprint density at radius 2 is 1.95 bits per heavy atom. The highest BCUT2D eigenvalue weighted by Gasteiger charge is 2.18. The molecule has 0 unspecified atom stereocenters. The molecule has 0 aliphatic rings. The Labute approximate surface area is 130 Å². The van der Waals surface area contributed by atoms with Crippen LogP contribution in [0.3, 0.4) is 0 Å². The molecule has 2 aromatic heterocycles. The molecule has 3 nitrogen and oxygen atoms in total. The van der Waals surface area contributed by atoms with Gasteiger partial charge in [-0.1, -0.05) is 18.5 Å². The van der Waals surface area contributed by atoms with Gasteiger partial charge in [0.05, 0.1) is 16.2 Å². The summed E-state index contributed by atoms with van der Waals surface area (Å²) >= 11 is 5.86. The van der Waals surface area contributed by atoms with Crippen molar-refractivity contribution in [3.8, 4) is 11.1 Å². The normalized spacial score (nSPS) is 11.1. The zero-order chi connectivity index (χ0) is 15.9. The van der Waals surface area contributed by atoms with E-state index in [9.17, 15) is 8.78 Å². The number of hydrogen-bond donors (Lipinski definition) is 1. The maximum absolute atomic E-state index is 14.4. The van der Waals surface area contributed by atoms with E-state index in [0.717, 1.165) is 6.07 Å². The van der Waals surface area contributed by atoms with Crippen molar-refractivity contribution in [2.24, 2.45) is 0 Å². The number of fused-ring (bicyclic) bond motifs is 1. The van der Waals surface area contributed by atoms with Crippen LogP contribution in [0.2, 0.25) is 5.02 Å². The predicted octanol–water partition coefficient (Wildman–Crippen LogP) is 4.37. The molecule has 0 aliphatic heterocycles. The van der Waals surface area contributed by atoms with Gasteiger partial charge in [0.2, 0.25) is 0 Å². The fourth-order valence-corrected chi connectivity index (χ4v) is 2.62. The average molecular weight is 320 g/mol. The lowest BCUT2D eigenvalue weighted by atomic mass is 9.98. The maximum atomic E-state index is 14.4. The van der Waals surface area contributed by atoms with Crippen molar-refractivity contribution in [2.75, 3.05) is 5.73 Å². The van der Waals surface area contributed by atoms with Gasteiger partial charge >= 0.3 is 0 Å². The number of hydrogen-bond acceptors (Lipinski definition) is 3. The van der Waals surface area contributed by atoms with Gasteiger partial charge in [-0.2, -0.15) is 0 Å². The van der Waals surface area contributed by atoms with Crippen molar-refractivity contribution in [3.63, 3.8) is 0 Å². The van der Waals surface area contributed by atoms with Gasteiger partial charge in [-0.05, 0) is 24.6 Å². The lowest BCUT2D eigenvalue weighted by Crippen LogP contribution is -2.00. The minimum absolute atomic E-state index is 0.169. The molecule has 0 radical (unpaired) electrons. The first kappa shape index (κ1) is 14.7. The largest absolute Gasteiger partial charge is 0.384 e. The molecule has 2 N–H and O–H groups in total. The number of rotatable bonds is 2. The molecule has 0 saturated carbocycles. The van der Waals surface area contributed by atoms with Crippen molar-refractivity contribution in [1.29, 1.82) is 0 Å². The summed E-state index contributed by atoms with van der Waals surface area (Å²) in [6.45, 7) is 1.89. The number of aromatic nitrogens is 2. The second-order valence-corrected chi connectivity index (χ2v) is 5.29. The maximum Gasteiger partial charge on any atom is 0.136 e. The third-order valence-electron chi connectivity index (χ3n) is 3.44. The van der Waals surface area contributed by atoms with Crippen molar-refractivity contribution in [2.45, 2.75) is 13.3 Å². The molecule has 22 heavy (non-hydrogen) atoms. The Hall–Kier alpha value is -2.27. The van der Waals surface area contributed by atoms with Crippen molar-refractivity contribution in [3.05, 3.63) is 52.8 Å². The number of nitrogens with zero attached hydrogens (tertiary/aromatic N) is 2. The van der Waals surface area contributed by atoms with Crippen LogP contribution in [0.1, 0.15) is 12.6 Å². The summed E-state index contributed by atoms with van der Waals surface area (Å²) in [4.78, 5) is 8.33. The van der Waals surface area contributed by atoms with Crippen LogP contribution in [0.5, 0.6) is 0 Å². The predicted molar refractivity (Wildman–Crippen MR) is 83.7 cm³/mol. The second kappa shape index (κ2) is 5.50. The third-order valence-corrected chi connectivity index (χ3v) is 3.65. The van der Waals surface area contributed by atoms with Gasteiger partial charge in [-0.15, -0.1) is 0 Å². The third kappa shape index (κ3) is 2.37. The van der Waals surface area contributed by atoms with Crippen molar-refractivity contribution >= 4 is 28.3 Å². The van der Waals surface area contributed by atoms with E-state index in [1.807, 2.05) is 6.92 Å². The van der Waals surface area contributed by atoms with Gasteiger partial charge < -0.3 is 5.73 Å². The van der Waals surface area contributed by atoms with Gasteiger partial charge in [0.15, 0.2) is 0 Å². The van der Waals surface area contributed by atoms with Gasteiger partial charge in [0.25, 0.3) is 0 Å². The molecule has 0 saturated heterocycles. The highest BCUT2D eigenvalue weighted by atomic mass is 35.5. The molecule has 2 heterocycles. The van der Waals surface area contributed by atoms with E-state index < -0.39 is 11.6 Å². The Bertz CT molecular complexity index is 881. The standard InChI is InChI=1S/C16H12ClF2N3/c1-2-13-9(3-4-14(20)22-13)15-12(19)6-11(18)10-5-8(17)7-21-16(10)15/h3-7H,2H2,1H3,(H2,20,22). The zero-order valence-corrected chi connectivity index (χ0v) is 12.5. The first-order valence-corrected chi connectivity index (χ1v) is 7.08. The number of benzene rings is 1. The Morgan fingerprint density at radius 1 is 1.18 bits per heavy atom. The summed E-state index contributed by atoms with van der Waals surface area (Å²) < 4.78 is 28.4. The van der Waals surface area contributed by atoms with E-state index in [2.05, 4.69) is 9.97 Å². The summed E-state index contributed by atoms with van der Waals surface area (Å²) in [6, 6.07) is 5.52. The molecule has 0 amide bonds. The Morgan fingerprint density at radius 3 is 2.68 bits per heavy atom. The van der Waals surface area contributed by atoms with Crippen LogP contribution in [0.25, 0.3) is 22.0 Å². The fraction of sp³-hybridized carbons (Fsp3) is 0.125. The molecule has 0 fully saturated rings. The van der Waals surface area contributed by atoms with Crippen LogP contribution in [-0.2, 0) is 6.42 Å². The van der Waals surface area contributed by atoms with E-state index in [4.69, 9.17) is 17.3 Å². The Balaban J connectivity index is 2.41. The molecule has 112 valence electrons. The van der Waals surface area contributed by atoms with Gasteiger partial charge in [-0.3, -0.25) is 4.98 Å². The summed E-state index contributed by atoms with van der Waals surface area (Å²) in [5, 5.41) is 0.456. The summed E-state index contributed by atoms with van der Waals surface area (Å²) in [5.41, 5.74) is 7.27. The molecule has 0 atom stereocenters. The first-order valence-electron chi connectivity index (χ1n) is 6.70. The molecule has 0 spiro atoms. The lowest BCUT2D eigenvalue weighted by Gasteiger charge is -2.12. The topological polar surface area (TPSA) is 51.8 Å². The quantitative estimate of drug-likeness (QED) is 0.763. The fourth-order valence-electron chi connectivity index (χ4n) is 2.47. The van der Waals surface area contributed by atoms with Crippen LogP contribution in [-0.4, -0.2) is 9.97 Å². The van der Waals surface area contributed by atoms with E-state index in [1.54, 1.807) is 12.1 Å². The zero-order valence-electron chi connectivity index (χ0n) is 11.7. The average Bonchev–Trinajstić information content (AvgIpc) is 2.49. The van der Waals surface area contributed by atoms with Gasteiger partial charge in [0.1, 0.15) is 17.5 Å². The molecule has 0 aliphatic carbocycles. The smallest absolute Gasteiger partial charge is 0.136 e. The van der Waals surface area contributed by atoms with Crippen LogP contribution >= 0.6 is 11.6 Å². The summed E-state index contributed by atoms with van der Waals surface area (Å²) in [5.74, 6) is -1.04. The highest BCUT2D eigenvalue weighted by Crippen LogP contribution is 2.34. The number of halogens is 3. The summed E-state index contributed by atoms with van der Waals surface area (Å²) in [6.07, 6.45) is 1.93. The molecule has 6 heteroatoms. The van der Waals surface area contributed by atoms with Crippen LogP contribution in [0.4, 0.5) is 14.6 Å². The van der Waals surface area contributed by atoms with E-state index in [1.165, 1.54) is 12.3 Å². The molecule has 1 aromatic carbocycles. The van der Waals surface area contributed by atoms with Crippen LogP contribution < -0.4 is 5.73 Å². The lowest BCUT2D eigenvalue weighted by molar-refractivity contribution is 0.593. The summed E-state index contributed by atoms with van der Waals surface area (Å²) in [7, 11) is 0. The van der Waals surface area contributed by atoms with Crippen LogP contribution in [0.15, 0.2) is 30.5 Å². The first-order chi connectivity index (χ1) is 10.5. The molecular formula is C16H12ClF2N3. The van der Waals surface area contributed by atoms with E-state index >= 15 is 0 Å². The molecule has 3 aromatic rings. The van der Waals surface area contributed by atoms with Crippen molar-refractivity contribution in [1.82, 2.24) is 9.97 Å². The monoisotopic (exact) mass is 319 g/mol. The highest BCUT2D eigenvalue weighted by molar-refractivity contribution is 6.31. The van der Waals surface area contributed by atoms with Crippen molar-refractivity contribution < 1.29 is 8.78 Å². The number of pyridine rings is 2. The number of anilines is 1. The number of nitrogens with two attached hydrogens (primary N) is 1. The van der Waals surface area contributed by atoms with Gasteiger partial charge in [0, 0.05) is 28.8 Å². The van der Waals surface area contributed by atoms with E-state index in [0.29, 0.717) is 23.5 Å². The Kier molecular flexibility index (Phi) is 3.66.